The van der Waals surface area contributed by atoms with Crippen LogP contribution in [0.25, 0.3) is 0 Å². The number of aliphatic imine (C=N–C) groups is 1. The van der Waals surface area contributed by atoms with Crippen molar-refractivity contribution < 1.29 is 0 Å². The Morgan fingerprint density at radius 3 is 2.35 bits per heavy atom. The second-order valence-electron chi connectivity index (χ2n) is 4.64. The smallest absolute Gasteiger partial charge is 0.193 e. The molecule has 0 aliphatic rings. The maximum Gasteiger partial charge on any atom is 0.193 e. The number of hydrogen-bond donors (Lipinski definition) is 2. The minimum Gasteiger partial charge on any atom is -0.370 e. The molecule has 0 saturated heterocycles. The molecule has 0 spiro atoms. The molecule has 0 amide bonds. The molecular formula is C15H27IN4. The summed E-state index contributed by atoms with van der Waals surface area (Å²) in [6.45, 7) is 10.5. The molecule has 0 aliphatic carbocycles. The fraction of sp³-hybridized carbons (Fsp3) is 0.533. The fourth-order valence-electron chi connectivity index (χ4n) is 1.86. The molecule has 0 heterocycles. The highest BCUT2D eigenvalue weighted by molar-refractivity contribution is 14.0. The zero-order chi connectivity index (χ0) is 14.1. The largest absolute Gasteiger partial charge is 0.370 e. The molecule has 0 aliphatic heterocycles. The first-order valence-electron chi connectivity index (χ1n) is 7.01. The van der Waals surface area contributed by atoms with Gasteiger partial charge in [-0.15, -0.1) is 24.0 Å². The molecule has 0 fully saturated rings. The Morgan fingerprint density at radius 1 is 1.20 bits per heavy atom. The maximum atomic E-state index is 5.85. The van der Waals surface area contributed by atoms with Crippen molar-refractivity contribution in [1.82, 2.24) is 4.90 Å². The molecule has 0 bridgehead atoms. The summed E-state index contributed by atoms with van der Waals surface area (Å²) in [7, 11) is 0. The number of nitrogens with zero attached hydrogens (tertiary/aromatic N) is 2. The van der Waals surface area contributed by atoms with E-state index in [0.29, 0.717) is 5.96 Å². The molecule has 3 N–H and O–H groups in total. The van der Waals surface area contributed by atoms with E-state index >= 15 is 0 Å². The maximum absolute atomic E-state index is 5.85. The van der Waals surface area contributed by atoms with Crippen LogP contribution >= 0.6 is 24.0 Å². The standard InChI is InChI=1S/C15H26N4.HI/c1-4-19(5-2)12-6-11-17-15(16)18-14-9-7-13(3)8-10-14;/h7-10H,4-6,11-12H2,1-3H3,(H3,16,17,18);1H. The van der Waals surface area contributed by atoms with Gasteiger partial charge in [-0.3, -0.25) is 4.99 Å². The lowest BCUT2D eigenvalue weighted by Gasteiger charge is -2.16. The first-order chi connectivity index (χ1) is 9.15. The van der Waals surface area contributed by atoms with Crippen molar-refractivity contribution in [3.63, 3.8) is 0 Å². The number of halogens is 1. The van der Waals surface area contributed by atoms with Gasteiger partial charge in [-0.25, -0.2) is 0 Å². The molecule has 20 heavy (non-hydrogen) atoms. The number of rotatable bonds is 7. The van der Waals surface area contributed by atoms with E-state index in [1.54, 1.807) is 0 Å². The summed E-state index contributed by atoms with van der Waals surface area (Å²) in [5.74, 6) is 0.489. The van der Waals surface area contributed by atoms with Gasteiger partial charge in [0.15, 0.2) is 5.96 Å². The first kappa shape index (κ1) is 19.2. The molecular weight excluding hydrogens is 363 g/mol. The summed E-state index contributed by atoms with van der Waals surface area (Å²) in [6.07, 6.45) is 1.04. The second-order valence-corrected chi connectivity index (χ2v) is 4.64. The molecule has 0 aromatic heterocycles. The van der Waals surface area contributed by atoms with Crippen LogP contribution in [0.3, 0.4) is 0 Å². The summed E-state index contributed by atoms with van der Waals surface area (Å²) < 4.78 is 0. The molecule has 1 aromatic rings. The van der Waals surface area contributed by atoms with Gasteiger partial charge in [0.25, 0.3) is 0 Å². The summed E-state index contributed by atoms with van der Waals surface area (Å²) >= 11 is 0. The van der Waals surface area contributed by atoms with Crippen LogP contribution in [-0.2, 0) is 0 Å². The van der Waals surface area contributed by atoms with E-state index in [4.69, 9.17) is 5.73 Å². The third-order valence-corrected chi connectivity index (χ3v) is 3.13. The van der Waals surface area contributed by atoms with Gasteiger partial charge in [-0.05, 0) is 45.1 Å². The average Bonchev–Trinajstić information content (AvgIpc) is 2.42. The van der Waals surface area contributed by atoms with Crippen LogP contribution in [0, 0.1) is 6.92 Å². The highest BCUT2D eigenvalue weighted by Crippen LogP contribution is 2.07. The molecule has 0 saturated carbocycles. The first-order valence-corrected chi connectivity index (χ1v) is 7.01. The lowest BCUT2D eigenvalue weighted by molar-refractivity contribution is 0.302. The Labute approximate surface area is 139 Å². The van der Waals surface area contributed by atoms with Crippen LogP contribution in [0.5, 0.6) is 0 Å². The van der Waals surface area contributed by atoms with E-state index in [-0.39, 0.29) is 24.0 Å². The van der Waals surface area contributed by atoms with E-state index in [1.807, 2.05) is 12.1 Å². The number of nitrogens with two attached hydrogens (primary N) is 1. The number of benzene rings is 1. The topological polar surface area (TPSA) is 53.6 Å². The molecule has 1 rings (SSSR count). The summed E-state index contributed by atoms with van der Waals surface area (Å²) in [4.78, 5) is 6.73. The van der Waals surface area contributed by atoms with Crippen molar-refractivity contribution in [2.45, 2.75) is 27.2 Å². The van der Waals surface area contributed by atoms with E-state index in [0.717, 1.165) is 38.3 Å². The lowest BCUT2D eigenvalue weighted by atomic mass is 10.2. The van der Waals surface area contributed by atoms with Gasteiger partial charge in [0, 0.05) is 12.2 Å². The Morgan fingerprint density at radius 2 is 1.80 bits per heavy atom. The van der Waals surface area contributed by atoms with E-state index in [1.165, 1.54) is 5.56 Å². The van der Waals surface area contributed by atoms with E-state index in [9.17, 15) is 0 Å². The SMILES string of the molecule is CCN(CC)CCCN=C(N)Nc1ccc(C)cc1.I. The third-order valence-electron chi connectivity index (χ3n) is 3.13. The average molecular weight is 390 g/mol. The summed E-state index contributed by atoms with van der Waals surface area (Å²) in [5, 5.41) is 3.10. The van der Waals surface area contributed by atoms with Crippen LogP contribution in [0.15, 0.2) is 29.3 Å². The van der Waals surface area contributed by atoms with Gasteiger partial charge in [-0.2, -0.15) is 0 Å². The van der Waals surface area contributed by atoms with Crippen LogP contribution in [0.4, 0.5) is 5.69 Å². The zero-order valence-electron chi connectivity index (χ0n) is 12.7. The molecule has 0 radical (unpaired) electrons. The van der Waals surface area contributed by atoms with Crippen LogP contribution in [0.1, 0.15) is 25.8 Å². The second kappa shape index (κ2) is 10.9. The van der Waals surface area contributed by atoms with Crippen molar-refractivity contribution in [3.8, 4) is 0 Å². The van der Waals surface area contributed by atoms with Crippen LogP contribution in [-0.4, -0.2) is 37.0 Å². The van der Waals surface area contributed by atoms with Crippen molar-refractivity contribution >= 4 is 35.6 Å². The fourth-order valence-corrected chi connectivity index (χ4v) is 1.86. The quantitative estimate of drug-likeness (QED) is 0.326. The lowest BCUT2D eigenvalue weighted by Crippen LogP contribution is -2.26. The Bertz CT molecular complexity index is 385. The number of anilines is 1. The van der Waals surface area contributed by atoms with E-state index < -0.39 is 0 Å². The molecule has 114 valence electrons. The monoisotopic (exact) mass is 390 g/mol. The Hall–Kier alpha value is -0.820. The highest BCUT2D eigenvalue weighted by Gasteiger charge is 1.98. The van der Waals surface area contributed by atoms with Gasteiger partial charge in [0.05, 0.1) is 0 Å². The minimum absolute atomic E-state index is 0. The molecule has 1 aromatic carbocycles. The number of aryl methyl sites for hydroxylation is 1. The van der Waals surface area contributed by atoms with E-state index in [2.05, 4.69) is 48.1 Å². The molecule has 5 heteroatoms. The highest BCUT2D eigenvalue weighted by atomic mass is 127. The van der Waals surface area contributed by atoms with Gasteiger partial charge < -0.3 is 16.0 Å². The molecule has 4 nitrogen and oxygen atoms in total. The van der Waals surface area contributed by atoms with Crippen molar-refractivity contribution in [2.75, 3.05) is 31.5 Å². The van der Waals surface area contributed by atoms with Crippen molar-refractivity contribution in [2.24, 2.45) is 10.7 Å². The minimum atomic E-state index is 0. The van der Waals surface area contributed by atoms with Gasteiger partial charge in [-0.1, -0.05) is 31.5 Å². The van der Waals surface area contributed by atoms with Gasteiger partial charge >= 0.3 is 0 Å². The molecule has 0 atom stereocenters. The zero-order valence-corrected chi connectivity index (χ0v) is 15.1. The number of nitrogens with one attached hydrogen (secondary N) is 1. The van der Waals surface area contributed by atoms with Crippen molar-refractivity contribution in [3.05, 3.63) is 29.8 Å². The third kappa shape index (κ3) is 7.69. The Balaban J connectivity index is 0.00000361. The number of guanidine groups is 1. The van der Waals surface area contributed by atoms with Crippen LogP contribution in [0.2, 0.25) is 0 Å². The van der Waals surface area contributed by atoms with Gasteiger partial charge in [0.1, 0.15) is 0 Å². The van der Waals surface area contributed by atoms with Crippen LogP contribution < -0.4 is 11.1 Å². The predicted molar refractivity (Wildman–Crippen MR) is 99.1 cm³/mol. The predicted octanol–water partition coefficient (Wildman–Crippen LogP) is 3.07. The van der Waals surface area contributed by atoms with Crippen molar-refractivity contribution in [1.29, 1.82) is 0 Å². The summed E-state index contributed by atoms with van der Waals surface area (Å²) in [5.41, 5.74) is 8.07. The van der Waals surface area contributed by atoms with Gasteiger partial charge in [0.2, 0.25) is 0 Å². The summed E-state index contributed by atoms with van der Waals surface area (Å²) in [6, 6.07) is 8.12. The Kier molecular flexibility index (Phi) is 10.5. The number of hydrogen-bond acceptors (Lipinski definition) is 2. The normalized spacial score (nSPS) is 11.3. The molecule has 0 unspecified atom stereocenters.